The fourth-order valence-electron chi connectivity index (χ4n) is 3.94. The van der Waals surface area contributed by atoms with Crippen LogP contribution in [0.2, 0.25) is 5.02 Å². The lowest BCUT2D eigenvalue weighted by molar-refractivity contribution is -0.138. The number of carbonyl (C=O) groups excluding carboxylic acids is 2. The molecule has 2 aromatic rings. The molecule has 0 aliphatic carbocycles. The van der Waals surface area contributed by atoms with E-state index < -0.39 is 23.5 Å². The van der Waals surface area contributed by atoms with Gasteiger partial charge in [0.25, 0.3) is 5.91 Å². The van der Waals surface area contributed by atoms with Crippen molar-refractivity contribution < 1.29 is 19.5 Å². The zero-order valence-electron chi connectivity index (χ0n) is 20.0. The number of halogens is 1. The van der Waals surface area contributed by atoms with Gasteiger partial charge in [0.1, 0.15) is 12.4 Å². The SMILES string of the molecule is C[C@H](CC(=O)O)N1CC(=O)N(C(C)(C)C)c2c(Cl)cc(C#Cc3ccc(C(=N)N)cc3)cc2C1=O. The van der Waals surface area contributed by atoms with E-state index in [1.54, 1.807) is 43.3 Å². The van der Waals surface area contributed by atoms with Crippen molar-refractivity contribution in [3.05, 3.63) is 63.7 Å². The van der Waals surface area contributed by atoms with E-state index >= 15 is 0 Å². The molecule has 0 bridgehead atoms. The fourth-order valence-corrected chi connectivity index (χ4v) is 4.24. The molecule has 8 nitrogen and oxygen atoms in total. The zero-order valence-corrected chi connectivity index (χ0v) is 20.7. The number of hydrogen-bond acceptors (Lipinski definition) is 4. The first-order chi connectivity index (χ1) is 16.3. The molecule has 35 heavy (non-hydrogen) atoms. The quantitative estimate of drug-likeness (QED) is 0.340. The largest absolute Gasteiger partial charge is 0.481 e. The van der Waals surface area contributed by atoms with E-state index in [9.17, 15) is 19.5 Å². The highest BCUT2D eigenvalue weighted by Gasteiger charge is 2.40. The Morgan fingerprint density at radius 3 is 2.31 bits per heavy atom. The number of amides is 2. The first-order valence-electron chi connectivity index (χ1n) is 11.0. The van der Waals surface area contributed by atoms with E-state index in [4.69, 9.17) is 22.7 Å². The fraction of sp³-hybridized carbons (Fsp3) is 0.308. The predicted octanol–water partition coefficient (Wildman–Crippen LogP) is 3.47. The van der Waals surface area contributed by atoms with Gasteiger partial charge in [0, 0.05) is 28.3 Å². The highest BCUT2D eigenvalue weighted by molar-refractivity contribution is 6.35. The summed E-state index contributed by atoms with van der Waals surface area (Å²) >= 11 is 6.64. The number of anilines is 1. The third-order valence-corrected chi connectivity index (χ3v) is 5.84. The molecule has 9 heteroatoms. The van der Waals surface area contributed by atoms with E-state index in [-0.39, 0.29) is 41.0 Å². The number of carboxylic acid groups (broad SMARTS) is 1. The van der Waals surface area contributed by atoms with Gasteiger partial charge in [0.15, 0.2) is 0 Å². The number of aliphatic carboxylic acids is 1. The molecule has 0 aromatic heterocycles. The van der Waals surface area contributed by atoms with Crippen LogP contribution < -0.4 is 10.6 Å². The normalized spacial score (nSPS) is 14.5. The number of nitrogens with zero attached hydrogens (tertiary/aromatic N) is 2. The molecule has 182 valence electrons. The molecule has 0 radical (unpaired) electrons. The maximum atomic E-state index is 13.6. The van der Waals surface area contributed by atoms with Crippen LogP contribution in [0.1, 0.15) is 61.2 Å². The number of nitrogens with one attached hydrogen (secondary N) is 1. The van der Waals surface area contributed by atoms with Crippen molar-refractivity contribution >= 4 is 40.9 Å². The molecule has 1 atom stereocenters. The number of amidine groups is 1. The number of carboxylic acids is 1. The summed E-state index contributed by atoms with van der Waals surface area (Å²) < 4.78 is 0. The smallest absolute Gasteiger partial charge is 0.305 e. The van der Waals surface area contributed by atoms with Crippen LogP contribution in [0.3, 0.4) is 0 Å². The molecule has 0 fully saturated rings. The molecule has 0 spiro atoms. The Balaban J connectivity index is 2.12. The monoisotopic (exact) mass is 494 g/mol. The Morgan fingerprint density at radius 2 is 1.77 bits per heavy atom. The summed E-state index contributed by atoms with van der Waals surface area (Å²) in [4.78, 5) is 40.9. The average molecular weight is 495 g/mol. The van der Waals surface area contributed by atoms with Crippen LogP contribution in [0.4, 0.5) is 5.69 Å². The van der Waals surface area contributed by atoms with E-state index in [1.165, 1.54) is 9.80 Å². The standard InChI is InChI=1S/C26H27ClN4O4/c1-15(11-22(33)34)30-14-21(32)31(26(2,3)4)23-19(25(30)35)12-17(13-20(23)27)6-5-16-7-9-18(10-8-16)24(28)29/h7-10,12-13,15H,11,14H2,1-4H3,(H3,28,29)(H,33,34)/t15-/m1/s1. The maximum absolute atomic E-state index is 13.6. The lowest BCUT2D eigenvalue weighted by atomic mass is 10.0. The molecular formula is C26H27ClN4O4. The van der Waals surface area contributed by atoms with Crippen molar-refractivity contribution in [1.82, 2.24) is 4.90 Å². The second-order valence-corrected chi connectivity index (χ2v) is 9.78. The summed E-state index contributed by atoms with van der Waals surface area (Å²) in [7, 11) is 0. The van der Waals surface area contributed by atoms with Crippen LogP contribution >= 0.6 is 11.6 Å². The number of nitrogens with two attached hydrogens (primary N) is 1. The number of nitrogen functional groups attached to an aromatic ring is 1. The number of hydrogen-bond donors (Lipinski definition) is 3. The van der Waals surface area contributed by atoms with Gasteiger partial charge in [-0.1, -0.05) is 35.6 Å². The number of benzene rings is 2. The molecule has 2 aromatic carbocycles. The molecular weight excluding hydrogens is 468 g/mol. The van der Waals surface area contributed by atoms with Gasteiger partial charge >= 0.3 is 5.97 Å². The minimum absolute atomic E-state index is 0.0415. The summed E-state index contributed by atoms with van der Waals surface area (Å²) in [6.45, 7) is 6.85. The van der Waals surface area contributed by atoms with Crippen molar-refractivity contribution in [3.8, 4) is 11.8 Å². The van der Waals surface area contributed by atoms with Crippen molar-refractivity contribution in [3.63, 3.8) is 0 Å². The van der Waals surface area contributed by atoms with Crippen LogP contribution in [0.15, 0.2) is 36.4 Å². The highest BCUT2D eigenvalue weighted by atomic mass is 35.5. The van der Waals surface area contributed by atoms with Gasteiger partial charge in [0.05, 0.1) is 22.7 Å². The van der Waals surface area contributed by atoms with Gasteiger partial charge in [-0.15, -0.1) is 0 Å². The van der Waals surface area contributed by atoms with E-state index in [1.807, 2.05) is 20.8 Å². The van der Waals surface area contributed by atoms with Gasteiger partial charge in [-0.2, -0.15) is 0 Å². The van der Waals surface area contributed by atoms with Gasteiger partial charge < -0.3 is 20.6 Å². The Labute approximate surface area is 209 Å². The summed E-state index contributed by atoms with van der Waals surface area (Å²) in [6, 6.07) is 9.32. The van der Waals surface area contributed by atoms with Gasteiger partial charge in [-0.3, -0.25) is 19.8 Å². The van der Waals surface area contributed by atoms with Gasteiger partial charge in [-0.25, -0.2) is 0 Å². The molecule has 3 rings (SSSR count). The van der Waals surface area contributed by atoms with Crippen molar-refractivity contribution in [2.75, 3.05) is 11.4 Å². The van der Waals surface area contributed by atoms with Gasteiger partial charge in [-0.05, 0) is 52.0 Å². The van der Waals surface area contributed by atoms with Crippen LogP contribution in [-0.2, 0) is 9.59 Å². The summed E-state index contributed by atoms with van der Waals surface area (Å²) in [5.74, 6) is 4.05. The minimum Gasteiger partial charge on any atom is -0.481 e. The lowest BCUT2D eigenvalue weighted by Crippen LogP contribution is -2.50. The van der Waals surface area contributed by atoms with E-state index in [2.05, 4.69) is 11.8 Å². The first-order valence-corrected chi connectivity index (χ1v) is 11.3. The average Bonchev–Trinajstić information content (AvgIpc) is 2.86. The number of carbonyl (C=O) groups is 3. The molecule has 1 heterocycles. The first kappa shape index (κ1) is 25.8. The Hall–Kier alpha value is -3.83. The van der Waals surface area contributed by atoms with Crippen LogP contribution in [0.5, 0.6) is 0 Å². The lowest BCUT2D eigenvalue weighted by Gasteiger charge is -2.36. The van der Waals surface area contributed by atoms with E-state index in [0.717, 1.165) is 0 Å². The molecule has 2 amide bonds. The Morgan fingerprint density at radius 1 is 1.17 bits per heavy atom. The number of fused-ring (bicyclic) bond motifs is 1. The molecule has 1 aliphatic heterocycles. The predicted molar refractivity (Wildman–Crippen MR) is 135 cm³/mol. The molecule has 1 aliphatic rings. The van der Waals surface area contributed by atoms with Crippen molar-refractivity contribution in [2.24, 2.45) is 5.73 Å². The minimum atomic E-state index is -1.07. The van der Waals surface area contributed by atoms with Crippen LogP contribution in [0.25, 0.3) is 0 Å². The summed E-state index contributed by atoms with van der Waals surface area (Å²) in [6.07, 6.45) is -0.298. The Kier molecular flexibility index (Phi) is 7.22. The second kappa shape index (κ2) is 9.80. The number of rotatable bonds is 4. The summed E-state index contributed by atoms with van der Waals surface area (Å²) in [5, 5.41) is 16.9. The van der Waals surface area contributed by atoms with Crippen LogP contribution in [0, 0.1) is 17.3 Å². The molecule has 0 saturated heterocycles. The van der Waals surface area contributed by atoms with Crippen molar-refractivity contribution in [2.45, 2.75) is 45.7 Å². The molecule has 0 unspecified atom stereocenters. The zero-order chi connectivity index (χ0) is 26.1. The third kappa shape index (κ3) is 5.64. The van der Waals surface area contributed by atoms with E-state index in [0.29, 0.717) is 16.7 Å². The van der Waals surface area contributed by atoms with Gasteiger partial charge in [0.2, 0.25) is 5.91 Å². The van der Waals surface area contributed by atoms with Crippen molar-refractivity contribution in [1.29, 1.82) is 5.41 Å². The summed E-state index contributed by atoms with van der Waals surface area (Å²) in [5.41, 5.74) is 6.99. The maximum Gasteiger partial charge on any atom is 0.305 e. The molecule has 4 N–H and O–H groups in total. The second-order valence-electron chi connectivity index (χ2n) is 9.38. The topological polar surface area (TPSA) is 128 Å². The highest BCUT2D eigenvalue weighted by Crippen LogP contribution is 2.38. The van der Waals surface area contributed by atoms with Crippen LogP contribution in [-0.4, -0.2) is 51.8 Å². The third-order valence-electron chi connectivity index (χ3n) is 5.55. The molecule has 0 saturated carbocycles. The Bertz CT molecular complexity index is 1270.